The summed E-state index contributed by atoms with van der Waals surface area (Å²) in [5, 5.41) is 11.3. The van der Waals surface area contributed by atoms with Gasteiger partial charge in [-0.3, -0.25) is 4.79 Å². The van der Waals surface area contributed by atoms with E-state index in [0.29, 0.717) is 33.6 Å². The van der Waals surface area contributed by atoms with Gasteiger partial charge in [-0.25, -0.2) is 8.42 Å². The molecule has 2 aromatic rings. The van der Waals surface area contributed by atoms with E-state index in [-0.39, 0.29) is 23.5 Å². The van der Waals surface area contributed by atoms with Gasteiger partial charge < -0.3 is 11.1 Å². The fraction of sp³-hybridized carbons (Fsp3) is 0.417. The number of anilines is 1. The van der Waals surface area contributed by atoms with Crippen LogP contribution < -0.4 is 11.1 Å². The van der Waals surface area contributed by atoms with Crippen LogP contribution in [0.4, 0.5) is 5.69 Å². The van der Waals surface area contributed by atoms with Crippen molar-refractivity contribution in [2.24, 2.45) is 0 Å². The summed E-state index contributed by atoms with van der Waals surface area (Å²) < 4.78 is 22.8. The van der Waals surface area contributed by atoms with E-state index >= 15 is 0 Å². The largest absolute Gasteiger partial charge is 0.397 e. The van der Waals surface area contributed by atoms with E-state index in [1.165, 1.54) is 17.5 Å². The average Bonchev–Trinajstić information content (AvgIpc) is 2.79. The van der Waals surface area contributed by atoms with Crippen LogP contribution >= 0.6 is 11.3 Å². The van der Waals surface area contributed by atoms with E-state index in [4.69, 9.17) is 5.73 Å². The van der Waals surface area contributed by atoms with E-state index in [1.54, 1.807) is 6.07 Å². The van der Waals surface area contributed by atoms with Crippen LogP contribution in [0.15, 0.2) is 12.3 Å². The maximum absolute atomic E-state index is 12.3. The van der Waals surface area contributed by atoms with Crippen molar-refractivity contribution in [1.29, 1.82) is 0 Å². The number of carbonyl (C=O) groups is 1. The molecule has 0 atom stereocenters. The van der Waals surface area contributed by atoms with E-state index < -0.39 is 9.84 Å². The Balaban J connectivity index is 1.77. The van der Waals surface area contributed by atoms with Crippen molar-refractivity contribution >= 4 is 43.0 Å². The standard InChI is InChI=1S/C12H14N4O3S2/c13-9-8-1-4-14-16-12(8)20-10(9)11(17)15-7-2-5-21(18,19)6-3-7/h1,4,7H,2-3,5-6,13H2,(H,15,17). The summed E-state index contributed by atoms with van der Waals surface area (Å²) in [5.74, 6) is -0.0452. The molecule has 0 radical (unpaired) electrons. The van der Waals surface area contributed by atoms with E-state index in [2.05, 4.69) is 15.5 Å². The van der Waals surface area contributed by atoms with Gasteiger partial charge in [-0.1, -0.05) is 0 Å². The minimum Gasteiger partial charge on any atom is -0.397 e. The topological polar surface area (TPSA) is 115 Å². The summed E-state index contributed by atoms with van der Waals surface area (Å²) in [4.78, 5) is 13.3. The van der Waals surface area contributed by atoms with Gasteiger partial charge in [0.1, 0.15) is 19.5 Å². The second-order valence-corrected chi connectivity index (χ2v) is 8.30. The van der Waals surface area contributed by atoms with Crippen LogP contribution in [0.25, 0.3) is 10.2 Å². The third kappa shape index (κ3) is 2.84. The number of nitrogens with one attached hydrogen (secondary N) is 1. The summed E-state index contributed by atoms with van der Waals surface area (Å²) in [6.45, 7) is 0. The Morgan fingerprint density at radius 2 is 2.10 bits per heavy atom. The molecule has 0 saturated carbocycles. The van der Waals surface area contributed by atoms with Crippen molar-refractivity contribution < 1.29 is 13.2 Å². The van der Waals surface area contributed by atoms with Crippen molar-refractivity contribution in [3.05, 3.63) is 17.1 Å². The second kappa shape index (κ2) is 5.23. The highest BCUT2D eigenvalue weighted by Gasteiger charge is 2.26. The lowest BCUT2D eigenvalue weighted by atomic mass is 10.1. The van der Waals surface area contributed by atoms with Crippen LogP contribution in [0.2, 0.25) is 0 Å². The molecule has 1 saturated heterocycles. The summed E-state index contributed by atoms with van der Waals surface area (Å²) in [6, 6.07) is 1.59. The fourth-order valence-electron chi connectivity index (χ4n) is 2.33. The minimum atomic E-state index is -2.94. The molecule has 7 nitrogen and oxygen atoms in total. The molecule has 9 heteroatoms. The van der Waals surface area contributed by atoms with E-state index in [0.717, 1.165) is 0 Å². The number of nitrogens with two attached hydrogens (primary N) is 1. The minimum absolute atomic E-state index is 0.116. The first kappa shape index (κ1) is 14.2. The zero-order valence-corrected chi connectivity index (χ0v) is 12.7. The van der Waals surface area contributed by atoms with Gasteiger partial charge in [0.2, 0.25) is 0 Å². The smallest absolute Gasteiger partial charge is 0.263 e. The van der Waals surface area contributed by atoms with E-state index in [9.17, 15) is 13.2 Å². The van der Waals surface area contributed by atoms with Crippen molar-refractivity contribution in [1.82, 2.24) is 15.5 Å². The maximum atomic E-state index is 12.3. The van der Waals surface area contributed by atoms with Crippen LogP contribution in [-0.2, 0) is 9.84 Å². The van der Waals surface area contributed by atoms with Crippen molar-refractivity contribution in [2.45, 2.75) is 18.9 Å². The predicted molar refractivity (Wildman–Crippen MR) is 81.0 cm³/mol. The molecule has 112 valence electrons. The Morgan fingerprint density at radius 1 is 1.38 bits per heavy atom. The van der Waals surface area contributed by atoms with Crippen LogP contribution in [0.3, 0.4) is 0 Å². The Morgan fingerprint density at radius 3 is 2.76 bits per heavy atom. The van der Waals surface area contributed by atoms with Gasteiger partial charge in [-0.2, -0.15) is 5.10 Å². The van der Waals surface area contributed by atoms with Gasteiger partial charge in [0, 0.05) is 11.4 Å². The van der Waals surface area contributed by atoms with Gasteiger partial charge in [0.25, 0.3) is 5.91 Å². The van der Waals surface area contributed by atoms with E-state index in [1.807, 2.05) is 0 Å². The zero-order valence-electron chi connectivity index (χ0n) is 11.1. The molecule has 0 aliphatic carbocycles. The quantitative estimate of drug-likeness (QED) is 0.834. The number of thiophene rings is 1. The van der Waals surface area contributed by atoms with Gasteiger partial charge >= 0.3 is 0 Å². The number of carbonyl (C=O) groups excluding carboxylic acids is 1. The van der Waals surface area contributed by atoms with Crippen molar-refractivity contribution in [3.63, 3.8) is 0 Å². The number of hydrogen-bond acceptors (Lipinski definition) is 7. The molecule has 0 aromatic carbocycles. The first-order valence-corrected chi connectivity index (χ1v) is 9.11. The predicted octanol–water partition coefficient (Wildman–Crippen LogP) is 0.580. The Labute approximate surface area is 125 Å². The number of nitrogen functional groups attached to an aromatic ring is 1. The lowest BCUT2D eigenvalue weighted by molar-refractivity contribution is 0.0939. The third-order valence-electron chi connectivity index (χ3n) is 3.52. The van der Waals surface area contributed by atoms with Crippen LogP contribution in [0.1, 0.15) is 22.5 Å². The molecule has 3 heterocycles. The number of aromatic nitrogens is 2. The monoisotopic (exact) mass is 326 g/mol. The number of fused-ring (bicyclic) bond motifs is 1. The number of sulfone groups is 1. The normalized spacial score (nSPS) is 18.7. The molecular weight excluding hydrogens is 312 g/mol. The Bertz CT molecular complexity index is 786. The first-order valence-electron chi connectivity index (χ1n) is 6.47. The van der Waals surface area contributed by atoms with Crippen LogP contribution in [-0.4, -0.2) is 42.1 Å². The first-order chi connectivity index (χ1) is 9.96. The van der Waals surface area contributed by atoms with Crippen LogP contribution in [0.5, 0.6) is 0 Å². The fourth-order valence-corrected chi connectivity index (χ4v) is 4.76. The molecule has 0 unspecified atom stereocenters. The SMILES string of the molecule is Nc1c(C(=O)NC2CCS(=O)(=O)CC2)sc2nnccc12. The number of rotatable bonds is 2. The van der Waals surface area contributed by atoms with Crippen molar-refractivity contribution in [2.75, 3.05) is 17.2 Å². The van der Waals surface area contributed by atoms with Crippen LogP contribution in [0, 0.1) is 0 Å². The highest BCUT2D eigenvalue weighted by Crippen LogP contribution is 2.31. The zero-order chi connectivity index (χ0) is 15.0. The molecule has 3 N–H and O–H groups in total. The molecule has 1 fully saturated rings. The molecule has 1 aliphatic rings. The highest BCUT2D eigenvalue weighted by atomic mass is 32.2. The molecule has 0 spiro atoms. The average molecular weight is 326 g/mol. The molecule has 1 amide bonds. The Hall–Kier alpha value is -1.74. The Kier molecular flexibility index (Phi) is 3.54. The molecule has 2 aromatic heterocycles. The number of nitrogens with zero attached hydrogens (tertiary/aromatic N) is 2. The second-order valence-electron chi connectivity index (χ2n) is 4.99. The lowest BCUT2D eigenvalue weighted by Gasteiger charge is -2.22. The van der Waals surface area contributed by atoms with Gasteiger partial charge in [-0.05, 0) is 18.9 Å². The summed E-state index contributed by atoms with van der Waals surface area (Å²) >= 11 is 1.19. The summed E-state index contributed by atoms with van der Waals surface area (Å²) in [6.07, 6.45) is 2.41. The third-order valence-corrected chi connectivity index (χ3v) is 6.34. The molecule has 3 rings (SSSR count). The molecule has 0 bridgehead atoms. The number of amides is 1. The lowest BCUT2D eigenvalue weighted by Crippen LogP contribution is -2.40. The summed E-state index contributed by atoms with van der Waals surface area (Å²) in [7, 11) is -2.94. The molecule has 1 aliphatic heterocycles. The van der Waals surface area contributed by atoms with Crippen molar-refractivity contribution in [3.8, 4) is 0 Å². The summed E-state index contributed by atoms with van der Waals surface area (Å²) in [5.41, 5.74) is 6.37. The number of hydrogen-bond donors (Lipinski definition) is 2. The molecule has 21 heavy (non-hydrogen) atoms. The maximum Gasteiger partial charge on any atom is 0.263 e. The van der Waals surface area contributed by atoms with Gasteiger partial charge in [-0.15, -0.1) is 16.4 Å². The van der Waals surface area contributed by atoms with Gasteiger partial charge in [0.15, 0.2) is 0 Å². The molecular formula is C12H14N4O3S2. The highest BCUT2D eigenvalue weighted by molar-refractivity contribution is 7.91. The van der Waals surface area contributed by atoms with Gasteiger partial charge in [0.05, 0.1) is 23.4 Å².